The van der Waals surface area contributed by atoms with Crippen molar-refractivity contribution in [2.24, 2.45) is 45.3 Å². The van der Waals surface area contributed by atoms with Crippen LogP contribution in [0, 0.1) is 45.3 Å². The minimum Gasteiger partial charge on any atom is -0.394 e. The van der Waals surface area contributed by atoms with Gasteiger partial charge in [-0.25, -0.2) is 0 Å². The molecule has 4 saturated carbocycles. The lowest BCUT2D eigenvalue weighted by atomic mass is 9.35. The fraction of sp³-hybridized carbons (Fsp3) is 0.944. The van der Waals surface area contributed by atoms with Crippen LogP contribution in [0.4, 0.5) is 0 Å². The predicted molar refractivity (Wildman–Crippen MR) is 168 cm³/mol. The Morgan fingerprint density at radius 2 is 1.52 bits per heavy atom. The SMILES string of the molecule is CC(C)=CCC[C@@](C)(O[C@H]1O[C@@H](CO)[C@H](O)[C@@H](O)[C@@H]1O)[C@H]1CC[C@]2(C)[C@@H]1[C@H](O)CC1[C@@]3(C)CC[C@H](O)C(C)(C)[C@@H]3CC[C@]12C. The van der Waals surface area contributed by atoms with E-state index in [4.69, 9.17) is 9.47 Å². The molecule has 5 fully saturated rings. The van der Waals surface area contributed by atoms with Gasteiger partial charge in [-0.1, -0.05) is 46.3 Å². The second kappa shape index (κ2) is 11.8. The maximum Gasteiger partial charge on any atom is 0.187 e. The van der Waals surface area contributed by atoms with Crippen LogP contribution in [-0.4, -0.2) is 85.8 Å². The van der Waals surface area contributed by atoms with Crippen LogP contribution >= 0.6 is 0 Å². The van der Waals surface area contributed by atoms with E-state index in [2.05, 4.69) is 61.5 Å². The summed E-state index contributed by atoms with van der Waals surface area (Å²) in [6.07, 6.45) is 2.60. The van der Waals surface area contributed by atoms with E-state index in [0.717, 1.165) is 51.4 Å². The first-order valence-electron chi connectivity index (χ1n) is 17.3. The summed E-state index contributed by atoms with van der Waals surface area (Å²) in [6, 6.07) is 0. The molecule has 1 aliphatic heterocycles. The van der Waals surface area contributed by atoms with Crippen molar-refractivity contribution >= 4 is 0 Å². The van der Waals surface area contributed by atoms with Gasteiger partial charge in [0, 0.05) is 0 Å². The minimum absolute atomic E-state index is 0.0131. The van der Waals surface area contributed by atoms with Crippen molar-refractivity contribution in [2.45, 2.75) is 162 Å². The highest BCUT2D eigenvalue weighted by molar-refractivity contribution is 5.20. The quantitative estimate of drug-likeness (QED) is 0.231. The number of aliphatic hydroxyl groups is 6. The fourth-order valence-corrected chi connectivity index (χ4v) is 11.8. The van der Waals surface area contributed by atoms with Crippen molar-refractivity contribution < 1.29 is 40.1 Å². The van der Waals surface area contributed by atoms with E-state index in [1.807, 2.05) is 0 Å². The Labute approximate surface area is 265 Å². The summed E-state index contributed by atoms with van der Waals surface area (Å²) >= 11 is 0. The molecule has 0 amide bonds. The Balaban J connectivity index is 1.49. The van der Waals surface area contributed by atoms with Gasteiger partial charge >= 0.3 is 0 Å². The first-order valence-corrected chi connectivity index (χ1v) is 17.3. The van der Waals surface area contributed by atoms with Gasteiger partial charge in [-0.3, -0.25) is 0 Å². The van der Waals surface area contributed by atoms with Gasteiger partial charge in [0.25, 0.3) is 0 Å². The van der Waals surface area contributed by atoms with E-state index in [1.54, 1.807) is 0 Å². The van der Waals surface area contributed by atoms with E-state index >= 15 is 0 Å². The van der Waals surface area contributed by atoms with E-state index in [9.17, 15) is 30.6 Å². The number of ether oxygens (including phenoxy) is 2. The van der Waals surface area contributed by atoms with Crippen molar-refractivity contribution in [3.8, 4) is 0 Å². The molecule has 0 aromatic carbocycles. The van der Waals surface area contributed by atoms with Crippen LogP contribution in [0.25, 0.3) is 0 Å². The molecule has 15 atom stereocenters. The molecule has 0 aromatic heterocycles. The van der Waals surface area contributed by atoms with Gasteiger partial charge in [-0.15, -0.1) is 0 Å². The molecule has 44 heavy (non-hydrogen) atoms. The van der Waals surface area contributed by atoms with E-state index in [1.165, 1.54) is 5.57 Å². The molecule has 5 aliphatic rings. The third kappa shape index (κ3) is 5.17. The molecule has 8 nitrogen and oxygen atoms in total. The van der Waals surface area contributed by atoms with Gasteiger partial charge in [0.2, 0.25) is 0 Å². The number of aliphatic hydroxyl groups excluding tert-OH is 6. The molecule has 6 N–H and O–H groups in total. The van der Waals surface area contributed by atoms with Gasteiger partial charge in [0.1, 0.15) is 24.4 Å². The minimum atomic E-state index is -1.50. The third-order valence-electron chi connectivity index (χ3n) is 14.6. The molecule has 0 bridgehead atoms. The smallest absolute Gasteiger partial charge is 0.187 e. The zero-order valence-corrected chi connectivity index (χ0v) is 28.5. The number of allylic oxidation sites excluding steroid dienone is 2. The van der Waals surface area contributed by atoms with Crippen LogP contribution in [0.1, 0.15) is 113 Å². The molecular weight excluding hydrogens is 560 g/mol. The maximum atomic E-state index is 12.2. The lowest BCUT2D eigenvalue weighted by molar-refractivity contribution is -0.336. The largest absolute Gasteiger partial charge is 0.394 e. The highest BCUT2D eigenvalue weighted by Crippen LogP contribution is 2.76. The third-order valence-corrected chi connectivity index (χ3v) is 14.6. The first-order chi connectivity index (χ1) is 20.4. The summed E-state index contributed by atoms with van der Waals surface area (Å²) in [5.74, 6) is 0.713. The molecule has 1 saturated heterocycles. The molecule has 1 unspecified atom stereocenters. The average Bonchev–Trinajstić information content (AvgIpc) is 3.33. The van der Waals surface area contributed by atoms with Crippen LogP contribution in [0.3, 0.4) is 0 Å². The Bertz CT molecular complexity index is 1070. The van der Waals surface area contributed by atoms with Gasteiger partial charge in [0.05, 0.1) is 24.4 Å². The summed E-state index contributed by atoms with van der Waals surface area (Å²) in [7, 11) is 0. The van der Waals surface area contributed by atoms with Gasteiger partial charge in [0.15, 0.2) is 6.29 Å². The van der Waals surface area contributed by atoms with Crippen LogP contribution in [0.15, 0.2) is 11.6 Å². The number of rotatable bonds is 7. The number of hydrogen-bond acceptors (Lipinski definition) is 8. The summed E-state index contributed by atoms with van der Waals surface area (Å²) in [5, 5.41) is 65.0. The summed E-state index contributed by atoms with van der Waals surface area (Å²) in [4.78, 5) is 0. The molecule has 254 valence electrons. The van der Waals surface area contributed by atoms with Crippen LogP contribution in [-0.2, 0) is 9.47 Å². The Morgan fingerprint density at radius 1 is 0.864 bits per heavy atom. The second-order valence-corrected chi connectivity index (χ2v) is 17.3. The molecule has 5 rings (SSSR count). The Morgan fingerprint density at radius 3 is 2.16 bits per heavy atom. The normalized spacial score (nSPS) is 51.5. The van der Waals surface area contributed by atoms with Crippen molar-refractivity contribution in [3.05, 3.63) is 11.6 Å². The van der Waals surface area contributed by atoms with Crippen molar-refractivity contribution in [2.75, 3.05) is 6.61 Å². The zero-order chi connectivity index (χ0) is 32.6. The average molecular weight is 623 g/mol. The highest BCUT2D eigenvalue weighted by atomic mass is 16.7. The molecule has 0 spiro atoms. The lowest BCUT2D eigenvalue weighted by Crippen LogP contribution is -2.67. The monoisotopic (exact) mass is 622 g/mol. The van der Waals surface area contributed by atoms with Gasteiger partial charge in [-0.05, 0) is 124 Å². The van der Waals surface area contributed by atoms with E-state index < -0.39 is 49.0 Å². The molecule has 0 radical (unpaired) electrons. The molecule has 8 heteroatoms. The van der Waals surface area contributed by atoms with Crippen molar-refractivity contribution in [1.82, 2.24) is 0 Å². The molecule has 4 aliphatic carbocycles. The topological polar surface area (TPSA) is 140 Å². The Kier molecular flexibility index (Phi) is 9.35. The number of fused-ring (bicyclic) bond motifs is 5. The maximum absolute atomic E-state index is 12.2. The zero-order valence-electron chi connectivity index (χ0n) is 28.5. The van der Waals surface area contributed by atoms with Gasteiger partial charge < -0.3 is 40.1 Å². The summed E-state index contributed by atoms with van der Waals surface area (Å²) < 4.78 is 12.6. The van der Waals surface area contributed by atoms with Gasteiger partial charge in [-0.2, -0.15) is 0 Å². The summed E-state index contributed by atoms with van der Waals surface area (Å²) in [6.45, 7) is 17.5. The van der Waals surface area contributed by atoms with E-state index in [0.29, 0.717) is 18.3 Å². The predicted octanol–water partition coefficient (Wildman–Crippen LogP) is 4.32. The second-order valence-electron chi connectivity index (χ2n) is 17.3. The standard InChI is InChI=1S/C36H62O8/c1-20(2)10-9-14-36(8,44-31-30(42)29(41)28(40)23(19-37)43-31)21-11-16-35(7)27(21)22(38)18-25-33(5)15-13-26(39)32(3,4)24(33)12-17-34(25,35)6/h10,21-31,37-42H,9,11-19H2,1-8H3/t21-,22+,23-,24-,25?,26-,27-,28-,29+,30-,31+,33-,34+,35+,36+/m0/s1. The highest BCUT2D eigenvalue weighted by Gasteiger charge is 2.71. The van der Waals surface area contributed by atoms with Crippen LogP contribution < -0.4 is 0 Å². The van der Waals surface area contributed by atoms with Crippen LogP contribution in [0.5, 0.6) is 0 Å². The first kappa shape index (κ1) is 34.7. The van der Waals surface area contributed by atoms with Crippen molar-refractivity contribution in [3.63, 3.8) is 0 Å². The Hall–Kier alpha value is -0.580. The molecule has 0 aromatic rings. The molecule has 1 heterocycles. The van der Waals surface area contributed by atoms with E-state index in [-0.39, 0.29) is 39.6 Å². The summed E-state index contributed by atoms with van der Waals surface area (Å²) in [5.41, 5.74) is 0.171. The van der Waals surface area contributed by atoms with Crippen molar-refractivity contribution in [1.29, 1.82) is 0 Å². The fourth-order valence-electron chi connectivity index (χ4n) is 11.8. The van der Waals surface area contributed by atoms with Crippen LogP contribution in [0.2, 0.25) is 0 Å². The molecular formula is C36H62O8. The number of hydrogen-bond donors (Lipinski definition) is 6. The lowest BCUT2D eigenvalue weighted by Gasteiger charge is -2.70.